The first-order chi connectivity index (χ1) is 10.0. The molecule has 2 rings (SSSR count). The van der Waals surface area contributed by atoms with Crippen LogP contribution in [0.5, 0.6) is 0 Å². The summed E-state index contributed by atoms with van der Waals surface area (Å²) in [5.41, 5.74) is 6.09. The highest BCUT2D eigenvalue weighted by molar-refractivity contribution is 7.89. The van der Waals surface area contributed by atoms with Crippen LogP contribution in [0.3, 0.4) is 0 Å². The standard InChI is InChI=1S/C15H23FN2O2S/c1-2-14-6-4-3-5-9-18(14)21(19,20)15-10-13(16)8-7-12(15)11-17/h7-8,10,14H,2-6,9,11,17H2,1H3. The molecule has 1 aliphatic rings. The van der Waals surface area contributed by atoms with E-state index in [4.69, 9.17) is 5.73 Å². The van der Waals surface area contributed by atoms with Crippen molar-refractivity contribution in [2.75, 3.05) is 6.54 Å². The highest BCUT2D eigenvalue weighted by atomic mass is 32.2. The van der Waals surface area contributed by atoms with Crippen LogP contribution in [-0.4, -0.2) is 25.3 Å². The second-order valence-electron chi connectivity index (χ2n) is 5.48. The molecule has 0 aromatic heterocycles. The van der Waals surface area contributed by atoms with Crippen molar-refractivity contribution in [2.45, 2.75) is 56.5 Å². The van der Waals surface area contributed by atoms with Gasteiger partial charge in [-0.15, -0.1) is 0 Å². The van der Waals surface area contributed by atoms with Crippen LogP contribution >= 0.6 is 0 Å². The number of hydrogen-bond acceptors (Lipinski definition) is 3. The number of halogens is 1. The van der Waals surface area contributed by atoms with E-state index in [0.29, 0.717) is 12.1 Å². The lowest BCUT2D eigenvalue weighted by Crippen LogP contribution is -2.40. The molecule has 118 valence electrons. The fourth-order valence-electron chi connectivity index (χ4n) is 2.94. The normalized spacial score (nSPS) is 21.2. The van der Waals surface area contributed by atoms with Crippen molar-refractivity contribution in [2.24, 2.45) is 5.73 Å². The number of nitrogens with zero attached hydrogens (tertiary/aromatic N) is 1. The molecule has 1 saturated heterocycles. The van der Waals surface area contributed by atoms with Gasteiger partial charge in [-0.2, -0.15) is 4.31 Å². The Morgan fingerprint density at radius 1 is 1.33 bits per heavy atom. The highest BCUT2D eigenvalue weighted by Crippen LogP contribution is 2.28. The third kappa shape index (κ3) is 3.44. The molecule has 1 aromatic carbocycles. The van der Waals surface area contributed by atoms with E-state index in [0.717, 1.165) is 38.2 Å². The summed E-state index contributed by atoms with van der Waals surface area (Å²) in [5.74, 6) is -0.548. The van der Waals surface area contributed by atoms with Crippen molar-refractivity contribution >= 4 is 10.0 Å². The van der Waals surface area contributed by atoms with Crippen molar-refractivity contribution < 1.29 is 12.8 Å². The Kier molecular flexibility index (Phi) is 5.35. The molecule has 6 heteroatoms. The zero-order chi connectivity index (χ0) is 15.5. The zero-order valence-corrected chi connectivity index (χ0v) is 13.2. The first-order valence-electron chi connectivity index (χ1n) is 7.51. The van der Waals surface area contributed by atoms with Gasteiger partial charge in [-0.05, 0) is 37.0 Å². The smallest absolute Gasteiger partial charge is 0.243 e. The molecule has 21 heavy (non-hydrogen) atoms. The molecule has 0 aliphatic carbocycles. The van der Waals surface area contributed by atoms with E-state index in [-0.39, 0.29) is 17.5 Å². The topological polar surface area (TPSA) is 63.4 Å². The molecular formula is C15H23FN2O2S. The molecule has 1 unspecified atom stereocenters. The lowest BCUT2D eigenvalue weighted by molar-refractivity contribution is 0.314. The maximum atomic E-state index is 13.5. The van der Waals surface area contributed by atoms with E-state index >= 15 is 0 Å². The molecule has 1 atom stereocenters. The third-order valence-electron chi connectivity index (χ3n) is 4.13. The summed E-state index contributed by atoms with van der Waals surface area (Å²) in [6.07, 6.45) is 4.56. The molecule has 0 radical (unpaired) electrons. The summed E-state index contributed by atoms with van der Waals surface area (Å²) in [4.78, 5) is 0.0188. The first kappa shape index (κ1) is 16.4. The van der Waals surface area contributed by atoms with Gasteiger partial charge in [0.1, 0.15) is 5.82 Å². The number of hydrogen-bond donors (Lipinski definition) is 1. The lowest BCUT2D eigenvalue weighted by atomic mass is 10.1. The minimum absolute atomic E-state index is 0.00797. The summed E-state index contributed by atoms with van der Waals surface area (Å²) in [6, 6.07) is 3.79. The highest BCUT2D eigenvalue weighted by Gasteiger charge is 2.32. The van der Waals surface area contributed by atoms with Gasteiger partial charge in [0.15, 0.2) is 0 Å². The predicted octanol–water partition coefficient (Wildman–Crippen LogP) is 2.63. The Balaban J connectivity index is 2.46. The maximum absolute atomic E-state index is 13.5. The summed E-state index contributed by atoms with van der Waals surface area (Å²) in [5, 5.41) is 0. The first-order valence-corrected chi connectivity index (χ1v) is 8.95. The monoisotopic (exact) mass is 314 g/mol. The van der Waals surface area contributed by atoms with Crippen LogP contribution in [0.1, 0.15) is 44.6 Å². The number of sulfonamides is 1. The van der Waals surface area contributed by atoms with Gasteiger partial charge < -0.3 is 5.73 Å². The quantitative estimate of drug-likeness (QED) is 0.929. The Morgan fingerprint density at radius 3 is 2.76 bits per heavy atom. The van der Waals surface area contributed by atoms with Crippen molar-refractivity contribution in [1.29, 1.82) is 0 Å². The fraction of sp³-hybridized carbons (Fsp3) is 0.600. The molecule has 1 aromatic rings. The minimum Gasteiger partial charge on any atom is -0.326 e. The van der Waals surface area contributed by atoms with E-state index in [2.05, 4.69) is 0 Å². The van der Waals surface area contributed by atoms with Gasteiger partial charge in [0.25, 0.3) is 0 Å². The Labute approximate surface area is 126 Å². The van der Waals surface area contributed by atoms with Gasteiger partial charge in [0, 0.05) is 19.1 Å². The molecule has 0 spiro atoms. The van der Waals surface area contributed by atoms with Crippen LogP contribution < -0.4 is 5.73 Å². The van der Waals surface area contributed by atoms with Crippen LogP contribution in [0.25, 0.3) is 0 Å². The van der Waals surface area contributed by atoms with Crippen molar-refractivity contribution in [3.8, 4) is 0 Å². The van der Waals surface area contributed by atoms with E-state index in [9.17, 15) is 12.8 Å². The molecule has 0 amide bonds. The van der Waals surface area contributed by atoms with Crippen LogP contribution in [0.4, 0.5) is 4.39 Å². The fourth-order valence-corrected chi connectivity index (χ4v) is 4.95. The average Bonchev–Trinajstić information content (AvgIpc) is 2.72. The van der Waals surface area contributed by atoms with Crippen LogP contribution in [0.15, 0.2) is 23.1 Å². The Morgan fingerprint density at radius 2 is 2.10 bits per heavy atom. The molecule has 0 saturated carbocycles. The van der Waals surface area contributed by atoms with Crippen molar-refractivity contribution in [3.63, 3.8) is 0 Å². The Hall–Kier alpha value is -0.980. The number of nitrogens with two attached hydrogens (primary N) is 1. The van der Waals surface area contributed by atoms with Gasteiger partial charge in [-0.1, -0.05) is 25.8 Å². The second kappa shape index (κ2) is 6.85. The van der Waals surface area contributed by atoms with Crippen LogP contribution in [0, 0.1) is 5.82 Å². The minimum atomic E-state index is -3.70. The Bertz CT molecular complexity index is 589. The molecule has 4 nitrogen and oxygen atoms in total. The van der Waals surface area contributed by atoms with Crippen LogP contribution in [0.2, 0.25) is 0 Å². The number of rotatable bonds is 4. The summed E-state index contributed by atoms with van der Waals surface area (Å²) in [6.45, 7) is 2.58. The number of benzene rings is 1. The van der Waals surface area contributed by atoms with E-state index in [1.807, 2.05) is 6.92 Å². The van der Waals surface area contributed by atoms with Crippen LogP contribution in [-0.2, 0) is 16.6 Å². The summed E-state index contributed by atoms with van der Waals surface area (Å²) in [7, 11) is -3.70. The van der Waals surface area contributed by atoms with Gasteiger partial charge in [-0.3, -0.25) is 0 Å². The van der Waals surface area contributed by atoms with Gasteiger partial charge in [0.05, 0.1) is 4.90 Å². The summed E-state index contributed by atoms with van der Waals surface area (Å²) < 4.78 is 41.0. The summed E-state index contributed by atoms with van der Waals surface area (Å²) >= 11 is 0. The van der Waals surface area contributed by atoms with E-state index < -0.39 is 15.8 Å². The predicted molar refractivity (Wildman–Crippen MR) is 80.7 cm³/mol. The van der Waals surface area contributed by atoms with Gasteiger partial charge in [0.2, 0.25) is 10.0 Å². The van der Waals surface area contributed by atoms with E-state index in [1.165, 1.54) is 12.1 Å². The molecule has 1 heterocycles. The SMILES string of the molecule is CCC1CCCCCN1S(=O)(=O)c1cc(F)ccc1CN. The molecule has 1 fully saturated rings. The maximum Gasteiger partial charge on any atom is 0.243 e. The molecule has 2 N–H and O–H groups in total. The average molecular weight is 314 g/mol. The van der Waals surface area contributed by atoms with Crippen molar-refractivity contribution in [3.05, 3.63) is 29.6 Å². The third-order valence-corrected chi connectivity index (χ3v) is 6.16. The van der Waals surface area contributed by atoms with Crippen molar-refractivity contribution in [1.82, 2.24) is 4.31 Å². The molecule has 1 aliphatic heterocycles. The largest absolute Gasteiger partial charge is 0.326 e. The lowest BCUT2D eigenvalue weighted by Gasteiger charge is -2.29. The zero-order valence-electron chi connectivity index (χ0n) is 12.4. The molecular weight excluding hydrogens is 291 g/mol. The second-order valence-corrected chi connectivity index (χ2v) is 7.34. The van der Waals surface area contributed by atoms with Gasteiger partial charge in [-0.25, -0.2) is 12.8 Å². The van der Waals surface area contributed by atoms with E-state index in [1.54, 1.807) is 4.31 Å². The van der Waals surface area contributed by atoms with Gasteiger partial charge >= 0.3 is 0 Å². The molecule has 0 bridgehead atoms.